The first-order chi connectivity index (χ1) is 12.2. The van der Waals surface area contributed by atoms with E-state index in [1.807, 2.05) is 49.4 Å². The lowest BCUT2D eigenvalue weighted by Gasteiger charge is -2.12. The third-order valence-corrected chi connectivity index (χ3v) is 4.21. The summed E-state index contributed by atoms with van der Waals surface area (Å²) in [7, 11) is 0. The van der Waals surface area contributed by atoms with Gasteiger partial charge < -0.3 is 0 Å². The first-order valence-corrected chi connectivity index (χ1v) is 7.79. The molecule has 0 atom stereocenters. The smallest absolute Gasteiger partial charge is 0.239 e. The second-order valence-corrected chi connectivity index (χ2v) is 5.75. The van der Waals surface area contributed by atoms with Crippen LogP contribution >= 0.6 is 0 Å². The number of nitrogens with zero attached hydrogens (tertiary/aromatic N) is 4. The van der Waals surface area contributed by atoms with Crippen LogP contribution in [0.15, 0.2) is 60.7 Å². The lowest BCUT2D eigenvalue weighted by Crippen LogP contribution is -2.02. The van der Waals surface area contributed by atoms with Gasteiger partial charge in [0.1, 0.15) is 11.9 Å². The average Bonchev–Trinajstić information content (AvgIpc) is 3.05. The average molecular weight is 328 g/mol. The number of halogens is 1. The Morgan fingerprint density at radius 1 is 1.00 bits per heavy atom. The fourth-order valence-corrected chi connectivity index (χ4v) is 3.01. The van der Waals surface area contributed by atoms with Crippen LogP contribution in [0, 0.1) is 24.1 Å². The molecule has 0 saturated carbocycles. The quantitative estimate of drug-likeness (QED) is 0.548. The van der Waals surface area contributed by atoms with Crippen LogP contribution in [0.3, 0.4) is 0 Å². The van der Waals surface area contributed by atoms with E-state index in [9.17, 15) is 9.65 Å². The van der Waals surface area contributed by atoms with E-state index in [2.05, 4.69) is 16.3 Å². The van der Waals surface area contributed by atoms with Gasteiger partial charge >= 0.3 is 0 Å². The molecule has 0 aliphatic carbocycles. The SMILES string of the molecule is Cc1ccccc1-c1nnc(C#N)n1-c1cccc2ccc(F)cc12. The third-order valence-electron chi connectivity index (χ3n) is 4.21. The lowest BCUT2D eigenvalue weighted by atomic mass is 10.1. The van der Waals surface area contributed by atoms with E-state index >= 15 is 0 Å². The Labute approximate surface area is 143 Å². The fourth-order valence-electron chi connectivity index (χ4n) is 3.01. The fraction of sp³-hybridized carbons (Fsp3) is 0.0500. The van der Waals surface area contributed by atoms with Gasteiger partial charge in [-0.1, -0.05) is 42.5 Å². The van der Waals surface area contributed by atoms with E-state index < -0.39 is 0 Å². The summed E-state index contributed by atoms with van der Waals surface area (Å²) in [6.07, 6.45) is 0. The number of aryl methyl sites for hydroxylation is 1. The third kappa shape index (κ3) is 2.45. The summed E-state index contributed by atoms with van der Waals surface area (Å²) in [5.74, 6) is 0.394. The minimum absolute atomic E-state index is 0.162. The number of hydrogen-bond acceptors (Lipinski definition) is 3. The van der Waals surface area contributed by atoms with Gasteiger partial charge in [-0.05, 0) is 36.1 Å². The Balaban J connectivity index is 2.08. The molecule has 4 rings (SSSR count). The topological polar surface area (TPSA) is 54.5 Å². The number of rotatable bonds is 2. The molecule has 4 nitrogen and oxygen atoms in total. The van der Waals surface area contributed by atoms with Crippen molar-refractivity contribution >= 4 is 10.8 Å². The van der Waals surface area contributed by atoms with Crippen molar-refractivity contribution in [2.24, 2.45) is 0 Å². The van der Waals surface area contributed by atoms with Crippen molar-refractivity contribution in [2.45, 2.75) is 6.92 Å². The molecule has 120 valence electrons. The summed E-state index contributed by atoms with van der Waals surface area (Å²) >= 11 is 0. The summed E-state index contributed by atoms with van der Waals surface area (Å²) < 4.78 is 15.5. The highest BCUT2D eigenvalue weighted by Gasteiger charge is 2.18. The molecule has 0 spiro atoms. The summed E-state index contributed by atoms with van der Waals surface area (Å²) in [4.78, 5) is 0. The Morgan fingerprint density at radius 2 is 1.84 bits per heavy atom. The van der Waals surface area contributed by atoms with Crippen molar-refractivity contribution in [3.63, 3.8) is 0 Å². The van der Waals surface area contributed by atoms with Crippen LogP contribution in [-0.4, -0.2) is 14.8 Å². The minimum atomic E-state index is -0.330. The summed E-state index contributed by atoms with van der Waals surface area (Å²) in [6, 6.07) is 20.1. The van der Waals surface area contributed by atoms with E-state index in [0.29, 0.717) is 16.9 Å². The van der Waals surface area contributed by atoms with Gasteiger partial charge in [0.25, 0.3) is 0 Å². The summed E-state index contributed by atoms with van der Waals surface area (Å²) in [5.41, 5.74) is 2.58. The van der Waals surface area contributed by atoms with Gasteiger partial charge in [0.2, 0.25) is 5.82 Å². The molecule has 3 aromatic carbocycles. The largest absolute Gasteiger partial charge is 0.266 e. The molecule has 0 unspecified atom stereocenters. The molecule has 1 aromatic heterocycles. The normalized spacial score (nSPS) is 10.8. The van der Waals surface area contributed by atoms with Gasteiger partial charge in [-0.2, -0.15) is 5.26 Å². The van der Waals surface area contributed by atoms with Crippen LogP contribution in [0.2, 0.25) is 0 Å². The highest BCUT2D eigenvalue weighted by molar-refractivity contribution is 5.91. The van der Waals surface area contributed by atoms with E-state index in [0.717, 1.165) is 16.5 Å². The zero-order valence-electron chi connectivity index (χ0n) is 13.4. The van der Waals surface area contributed by atoms with E-state index in [-0.39, 0.29) is 11.6 Å². The maximum absolute atomic E-state index is 13.8. The standard InChI is InChI=1S/C20H13FN4/c1-13-5-2-3-7-16(13)20-24-23-19(12-22)25(20)18-8-4-6-14-9-10-15(21)11-17(14)18/h2-11H,1H3. The lowest BCUT2D eigenvalue weighted by molar-refractivity contribution is 0.629. The number of fused-ring (bicyclic) bond motifs is 1. The molecule has 0 bridgehead atoms. The molecular formula is C20H13FN4. The molecular weight excluding hydrogens is 315 g/mol. The molecule has 0 radical (unpaired) electrons. The summed E-state index contributed by atoms with van der Waals surface area (Å²) in [6.45, 7) is 1.98. The molecule has 25 heavy (non-hydrogen) atoms. The predicted molar refractivity (Wildman–Crippen MR) is 93.7 cm³/mol. The van der Waals surface area contributed by atoms with Crippen molar-refractivity contribution in [3.05, 3.63) is 77.9 Å². The second kappa shape index (κ2) is 5.84. The molecule has 4 aromatic rings. The van der Waals surface area contributed by atoms with Crippen LogP contribution in [0.4, 0.5) is 4.39 Å². The highest BCUT2D eigenvalue weighted by atomic mass is 19.1. The van der Waals surface area contributed by atoms with E-state index in [1.165, 1.54) is 12.1 Å². The molecule has 0 aliphatic heterocycles. The first-order valence-electron chi connectivity index (χ1n) is 7.79. The Morgan fingerprint density at radius 3 is 2.64 bits per heavy atom. The first kappa shape index (κ1) is 15.0. The van der Waals surface area contributed by atoms with Crippen LogP contribution in [0.5, 0.6) is 0 Å². The maximum atomic E-state index is 13.8. The van der Waals surface area contributed by atoms with Crippen molar-refractivity contribution in [1.29, 1.82) is 5.26 Å². The van der Waals surface area contributed by atoms with Gasteiger partial charge in [0, 0.05) is 10.9 Å². The van der Waals surface area contributed by atoms with Crippen molar-refractivity contribution in [2.75, 3.05) is 0 Å². The Bertz CT molecular complexity index is 1140. The zero-order chi connectivity index (χ0) is 17.4. The van der Waals surface area contributed by atoms with E-state index in [4.69, 9.17) is 0 Å². The number of nitriles is 1. The maximum Gasteiger partial charge on any atom is 0.239 e. The highest BCUT2D eigenvalue weighted by Crippen LogP contribution is 2.30. The van der Waals surface area contributed by atoms with Gasteiger partial charge in [-0.3, -0.25) is 4.57 Å². The van der Waals surface area contributed by atoms with Crippen molar-refractivity contribution in [1.82, 2.24) is 14.8 Å². The van der Waals surface area contributed by atoms with E-state index in [1.54, 1.807) is 10.6 Å². The molecule has 0 N–H and O–H groups in total. The molecule has 0 aliphatic rings. The Kier molecular flexibility index (Phi) is 3.51. The molecule has 0 fully saturated rings. The minimum Gasteiger partial charge on any atom is -0.266 e. The molecule has 1 heterocycles. The molecule has 0 saturated heterocycles. The predicted octanol–water partition coefficient (Wildman–Crippen LogP) is 4.41. The van der Waals surface area contributed by atoms with Crippen molar-refractivity contribution < 1.29 is 4.39 Å². The van der Waals surface area contributed by atoms with Crippen LogP contribution in [0.25, 0.3) is 27.8 Å². The van der Waals surface area contributed by atoms with Crippen LogP contribution in [0.1, 0.15) is 11.4 Å². The number of benzene rings is 3. The number of hydrogen-bond donors (Lipinski definition) is 0. The van der Waals surface area contributed by atoms with Gasteiger partial charge in [0.15, 0.2) is 5.82 Å². The molecule has 5 heteroatoms. The second-order valence-electron chi connectivity index (χ2n) is 5.75. The van der Waals surface area contributed by atoms with Gasteiger partial charge in [-0.15, -0.1) is 10.2 Å². The molecule has 0 amide bonds. The van der Waals surface area contributed by atoms with Gasteiger partial charge in [0.05, 0.1) is 5.69 Å². The van der Waals surface area contributed by atoms with Crippen molar-refractivity contribution in [3.8, 4) is 23.1 Å². The van der Waals surface area contributed by atoms with Crippen LogP contribution in [-0.2, 0) is 0 Å². The van der Waals surface area contributed by atoms with Crippen LogP contribution < -0.4 is 0 Å². The Hall–Kier alpha value is -3.52. The van der Waals surface area contributed by atoms with Gasteiger partial charge in [-0.25, -0.2) is 4.39 Å². The monoisotopic (exact) mass is 328 g/mol. The number of aromatic nitrogens is 3. The summed E-state index contributed by atoms with van der Waals surface area (Å²) in [5, 5.41) is 19.3. The zero-order valence-corrected chi connectivity index (χ0v) is 13.4.